The normalized spacial score (nSPS) is 12.0. The molecule has 0 aromatic rings. The standard InChI is InChI=1S/C13H21N/c1-5-6-7-8-11-14-12-9-10-13(2,3)4/h8,11-12H,7,9-10H2,1-4H3/b11-8-,14-12?. The van der Waals surface area contributed by atoms with Gasteiger partial charge in [0.1, 0.15) is 0 Å². The van der Waals surface area contributed by atoms with Gasteiger partial charge in [-0.05, 0) is 25.2 Å². The molecule has 0 amide bonds. The summed E-state index contributed by atoms with van der Waals surface area (Å²) in [5.41, 5.74) is 0.406. The minimum atomic E-state index is 0.406. The SMILES string of the molecule is CC#CC/C=C\N=CCCC(C)(C)C. The van der Waals surface area contributed by atoms with Crippen molar-refractivity contribution in [3.63, 3.8) is 0 Å². The summed E-state index contributed by atoms with van der Waals surface area (Å²) in [6.07, 6.45) is 8.80. The summed E-state index contributed by atoms with van der Waals surface area (Å²) < 4.78 is 0. The Morgan fingerprint density at radius 2 is 2.00 bits per heavy atom. The number of rotatable bonds is 4. The minimum Gasteiger partial charge on any atom is -0.269 e. The maximum absolute atomic E-state index is 4.17. The Balaban J connectivity index is 3.53. The molecule has 0 rings (SSSR count). The smallest absolute Gasteiger partial charge is 0.0287 e. The first-order valence-electron chi connectivity index (χ1n) is 5.12. The molecule has 0 atom stereocenters. The van der Waals surface area contributed by atoms with Gasteiger partial charge in [0, 0.05) is 18.8 Å². The molecule has 1 nitrogen and oxygen atoms in total. The van der Waals surface area contributed by atoms with E-state index in [1.807, 2.05) is 25.4 Å². The molecule has 0 saturated heterocycles. The summed E-state index contributed by atoms with van der Waals surface area (Å²) in [6, 6.07) is 0. The van der Waals surface area contributed by atoms with E-state index in [2.05, 4.69) is 37.6 Å². The van der Waals surface area contributed by atoms with Crippen LogP contribution < -0.4 is 0 Å². The zero-order chi connectivity index (χ0) is 10.9. The summed E-state index contributed by atoms with van der Waals surface area (Å²) in [7, 11) is 0. The second-order valence-corrected chi connectivity index (χ2v) is 4.45. The summed E-state index contributed by atoms with van der Waals surface area (Å²) in [6.45, 7) is 8.58. The van der Waals surface area contributed by atoms with E-state index in [-0.39, 0.29) is 0 Å². The number of hydrogen-bond acceptors (Lipinski definition) is 1. The Bertz CT molecular complexity index is 243. The fourth-order valence-corrected chi connectivity index (χ4v) is 0.908. The second-order valence-electron chi connectivity index (χ2n) is 4.45. The van der Waals surface area contributed by atoms with Crippen LogP contribution in [0.1, 0.15) is 47.0 Å². The molecule has 0 radical (unpaired) electrons. The fourth-order valence-electron chi connectivity index (χ4n) is 0.908. The molecule has 0 N–H and O–H groups in total. The molecule has 1 heteroatoms. The van der Waals surface area contributed by atoms with Gasteiger partial charge in [0.25, 0.3) is 0 Å². The Labute approximate surface area is 88.3 Å². The van der Waals surface area contributed by atoms with Crippen LogP contribution in [0, 0.1) is 17.3 Å². The van der Waals surface area contributed by atoms with Gasteiger partial charge in [-0.15, -0.1) is 5.92 Å². The van der Waals surface area contributed by atoms with Crippen molar-refractivity contribution in [2.45, 2.75) is 47.0 Å². The van der Waals surface area contributed by atoms with E-state index < -0.39 is 0 Å². The highest BCUT2D eigenvalue weighted by Gasteiger charge is 2.07. The maximum Gasteiger partial charge on any atom is 0.0287 e. The molecule has 0 saturated carbocycles. The van der Waals surface area contributed by atoms with Crippen LogP contribution in [0.3, 0.4) is 0 Å². The van der Waals surface area contributed by atoms with Crippen LogP contribution in [0.2, 0.25) is 0 Å². The number of allylic oxidation sites excluding steroid dienone is 1. The molecule has 0 aromatic carbocycles. The van der Waals surface area contributed by atoms with E-state index in [0.717, 1.165) is 12.8 Å². The molecule has 0 unspecified atom stereocenters. The van der Waals surface area contributed by atoms with E-state index in [1.165, 1.54) is 6.42 Å². The van der Waals surface area contributed by atoms with Crippen LogP contribution in [-0.4, -0.2) is 6.21 Å². The molecular formula is C13H21N. The van der Waals surface area contributed by atoms with Crippen molar-refractivity contribution in [1.29, 1.82) is 0 Å². The third kappa shape index (κ3) is 11.0. The van der Waals surface area contributed by atoms with E-state index >= 15 is 0 Å². The van der Waals surface area contributed by atoms with Gasteiger partial charge in [-0.3, -0.25) is 4.99 Å². The molecule has 14 heavy (non-hydrogen) atoms. The summed E-state index contributed by atoms with van der Waals surface area (Å²) in [4.78, 5) is 4.17. The van der Waals surface area contributed by atoms with Crippen molar-refractivity contribution in [3.05, 3.63) is 12.3 Å². The average molecular weight is 191 g/mol. The highest BCUT2D eigenvalue weighted by Crippen LogP contribution is 2.19. The Morgan fingerprint density at radius 3 is 2.57 bits per heavy atom. The van der Waals surface area contributed by atoms with Crippen LogP contribution in [0.5, 0.6) is 0 Å². The average Bonchev–Trinajstić information content (AvgIpc) is 2.08. The zero-order valence-electron chi connectivity index (χ0n) is 9.80. The van der Waals surface area contributed by atoms with Crippen molar-refractivity contribution in [2.75, 3.05) is 0 Å². The summed E-state index contributed by atoms with van der Waals surface area (Å²) in [5.74, 6) is 5.79. The molecule has 0 heterocycles. The Morgan fingerprint density at radius 1 is 1.29 bits per heavy atom. The highest BCUT2D eigenvalue weighted by molar-refractivity contribution is 5.57. The lowest BCUT2D eigenvalue weighted by atomic mass is 9.91. The molecular weight excluding hydrogens is 170 g/mol. The quantitative estimate of drug-likeness (QED) is 0.473. The molecule has 0 aliphatic rings. The first-order valence-corrected chi connectivity index (χ1v) is 5.12. The minimum absolute atomic E-state index is 0.406. The first kappa shape index (κ1) is 13.0. The lowest BCUT2D eigenvalue weighted by molar-refractivity contribution is 0.387. The van der Waals surface area contributed by atoms with Crippen molar-refractivity contribution in [3.8, 4) is 11.8 Å². The van der Waals surface area contributed by atoms with Crippen molar-refractivity contribution >= 4 is 6.21 Å². The second kappa shape index (κ2) is 7.38. The van der Waals surface area contributed by atoms with Gasteiger partial charge in [0.05, 0.1) is 0 Å². The van der Waals surface area contributed by atoms with E-state index in [4.69, 9.17) is 0 Å². The molecule has 0 aliphatic carbocycles. The van der Waals surface area contributed by atoms with Crippen LogP contribution >= 0.6 is 0 Å². The number of aliphatic imine (C=N–C) groups is 1. The lowest BCUT2D eigenvalue weighted by Crippen LogP contribution is -2.04. The van der Waals surface area contributed by atoms with E-state index in [0.29, 0.717) is 5.41 Å². The molecule has 78 valence electrons. The molecule has 0 fully saturated rings. The fraction of sp³-hybridized carbons (Fsp3) is 0.615. The Hall–Kier alpha value is -1.03. The van der Waals surface area contributed by atoms with Crippen LogP contribution in [0.25, 0.3) is 0 Å². The van der Waals surface area contributed by atoms with Gasteiger partial charge in [-0.2, -0.15) is 0 Å². The third-order valence-electron chi connectivity index (χ3n) is 1.72. The molecule has 0 aromatic heterocycles. The predicted octanol–water partition coefficient (Wildman–Crippen LogP) is 3.81. The van der Waals surface area contributed by atoms with Crippen LogP contribution in [-0.2, 0) is 0 Å². The van der Waals surface area contributed by atoms with Gasteiger partial charge >= 0.3 is 0 Å². The first-order chi connectivity index (χ1) is 6.56. The van der Waals surface area contributed by atoms with Crippen molar-refractivity contribution < 1.29 is 0 Å². The van der Waals surface area contributed by atoms with Gasteiger partial charge in [0.15, 0.2) is 0 Å². The van der Waals surface area contributed by atoms with Crippen molar-refractivity contribution in [1.82, 2.24) is 0 Å². The topological polar surface area (TPSA) is 12.4 Å². The van der Waals surface area contributed by atoms with E-state index in [9.17, 15) is 0 Å². The summed E-state index contributed by atoms with van der Waals surface area (Å²) in [5, 5.41) is 0. The molecule has 0 bridgehead atoms. The monoisotopic (exact) mass is 191 g/mol. The van der Waals surface area contributed by atoms with Gasteiger partial charge in [0.2, 0.25) is 0 Å². The van der Waals surface area contributed by atoms with Gasteiger partial charge < -0.3 is 0 Å². The number of nitrogens with zero attached hydrogens (tertiary/aromatic N) is 1. The van der Waals surface area contributed by atoms with E-state index in [1.54, 1.807) is 0 Å². The largest absolute Gasteiger partial charge is 0.269 e. The molecule has 0 aliphatic heterocycles. The maximum atomic E-state index is 4.17. The van der Waals surface area contributed by atoms with Gasteiger partial charge in [-0.1, -0.05) is 32.8 Å². The number of hydrogen-bond donors (Lipinski definition) is 0. The van der Waals surface area contributed by atoms with Crippen LogP contribution in [0.4, 0.5) is 0 Å². The molecule has 0 spiro atoms. The third-order valence-corrected chi connectivity index (χ3v) is 1.72. The Kier molecular flexibility index (Phi) is 6.84. The predicted molar refractivity (Wildman–Crippen MR) is 64.4 cm³/mol. The van der Waals surface area contributed by atoms with Crippen LogP contribution in [0.15, 0.2) is 17.3 Å². The zero-order valence-corrected chi connectivity index (χ0v) is 9.80. The highest BCUT2D eigenvalue weighted by atomic mass is 14.7. The lowest BCUT2D eigenvalue weighted by Gasteiger charge is -2.15. The van der Waals surface area contributed by atoms with Gasteiger partial charge in [-0.25, -0.2) is 0 Å². The van der Waals surface area contributed by atoms with Crippen molar-refractivity contribution in [2.24, 2.45) is 10.4 Å². The summed E-state index contributed by atoms with van der Waals surface area (Å²) >= 11 is 0.